The Hall–Kier alpha value is -1.55. The fourth-order valence-corrected chi connectivity index (χ4v) is 4.85. The SMILES string of the molecule is CC1(C)CC2CC(C)(CN2Cc2ccc(C(=O)O)cc2N)C1. The Bertz CT molecular complexity index is 611. The van der Waals surface area contributed by atoms with E-state index in [1.165, 1.54) is 19.3 Å². The Labute approximate surface area is 132 Å². The second-order valence-electron chi connectivity index (χ2n) is 8.34. The van der Waals surface area contributed by atoms with Crippen molar-refractivity contribution in [2.45, 2.75) is 52.6 Å². The number of anilines is 1. The minimum Gasteiger partial charge on any atom is -0.478 e. The Morgan fingerprint density at radius 3 is 2.73 bits per heavy atom. The van der Waals surface area contributed by atoms with Crippen molar-refractivity contribution < 1.29 is 9.90 Å². The van der Waals surface area contributed by atoms with Crippen LogP contribution in [-0.2, 0) is 6.54 Å². The maximum Gasteiger partial charge on any atom is 0.335 e. The molecule has 4 heteroatoms. The first-order chi connectivity index (χ1) is 10.2. The van der Waals surface area contributed by atoms with Crippen molar-refractivity contribution >= 4 is 11.7 Å². The van der Waals surface area contributed by atoms with Gasteiger partial charge in [-0.3, -0.25) is 4.90 Å². The molecule has 0 spiro atoms. The highest BCUT2D eigenvalue weighted by atomic mass is 16.4. The molecule has 1 saturated carbocycles. The zero-order valence-electron chi connectivity index (χ0n) is 13.7. The number of rotatable bonds is 3. The minimum atomic E-state index is -0.926. The van der Waals surface area contributed by atoms with Gasteiger partial charge in [0, 0.05) is 24.8 Å². The number of carboxylic acids is 1. The number of likely N-dealkylation sites (tertiary alicyclic amines) is 1. The molecule has 2 atom stereocenters. The van der Waals surface area contributed by atoms with Crippen LogP contribution in [0.25, 0.3) is 0 Å². The maximum absolute atomic E-state index is 11.0. The molecule has 4 nitrogen and oxygen atoms in total. The topological polar surface area (TPSA) is 66.6 Å². The fraction of sp³-hybridized carbons (Fsp3) is 0.611. The van der Waals surface area contributed by atoms with Crippen LogP contribution in [0.4, 0.5) is 5.69 Å². The third-order valence-corrected chi connectivity index (χ3v) is 5.29. The van der Waals surface area contributed by atoms with E-state index in [1.807, 2.05) is 6.07 Å². The molecular formula is C18H26N2O2. The molecule has 1 aromatic rings. The molecule has 2 unspecified atom stereocenters. The summed E-state index contributed by atoms with van der Waals surface area (Å²) in [7, 11) is 0. The molecule has 1 aromatic carbocycles. The highest BCUT2D eigenvalue weighted by Crippen LogP contribution is 2.52. The summed E-state index contributed by atoms with van der Waals surface area (Å²) in [5.41, 5.74) is 8.77. The van der Waals surface area contributed by atoms with Gasteiger partial charge in [0.15, 0.2) is 0 Å². The molecule has 22 heavy (non-hydrogen) atoms. The quantitative estimate of drug-likeness (QED) is 0.840. The van der Waals surface area contributed by atoms with Crippen molar-refractivity contribution in [3.05, 3.63) is 29.3 Å². The second kappa shape index (κ2) is 4.98. The molecule has 3 N–H and O–H groups in total. The number of fused-ring (bicyclic) bond motifs is 2. The first-order valence-electron chi connectivity index (χ1n) is 8.03. The highest BCUT2D eigenvalue weighted by molar-refractivity contribution is 5.88. The predicted octanol–water partition coefficient (Wildman–Crippen LogP) is 3.37. The van der Waals surface area contributed by atoms with Gasteiger partial charge in [-0.25, -0.2) is 4.79 Å². The molecule has 1 aliphatic heterocycles. The van der Waals surface area contributed by atoms with Gasteiger partial charge in [0.05, 0.1) is 5.56 Å². The third-order valence-electron chi connectivity index (χ3n) is 5.29. The van der Waals surface area contributed by atoms with E-state index in [9.17, 15) is 4.79 Å². The van der Waals surface area contributed by atoms with E-state index in [-0.39, 0.29) is 5.56 Å². The maximum atomic E-state index is 11.0. The van der Waals surface area contributed by atoms with Crippen LogP contribution in [0.15, 0.2) is 18.2 Å². The van der Waals surface area contributed by atoms with Gasteiger partial charge in [-0.2, -0.15) is 0 Å². The molecule has 1 saturated heterocycles. The summed E-state index contributed by atoms with van der Waals surface area (Å²) < 4.78 is 0. The van der Waals surface area contributed by atoms with Crippen LogP contribution < -0.4 is 5.73 Å². The molecule has 2 aliphatic rings. The summed E-state index contributed by atoms with van der Waals surface area (Å²) in [6.45, 7) is 9.08. The van der Waals surface area contributed by atoms with E-state index >= 15 is 0 Å². The van der Waals surface area contributed by atoms with Gasteiger partial charge in [0.1, 0.15) is 0 Å². The zero-order chi connectivity index (χ0) is 16.1. The van der Waals surface area contributed by atoms with Crippen molar-refractivity contribution in [1.29, 1.82) is 0 Å². The number of carboxylic acid groups (broad SMARTS) is 1. The van der Waals surface area contributed by atoms with Gasteiger partial charge in [-0.15, -0.1) is 0 Å². The van der Waals surface area contributed by atoms with Crippen molar-refractivity contribution in [3.63, 3.8) is 0 Å². The predicted molar refractivity (Wildman–Crippen MR) is 87.8 cm³/mol. The number of hydrogen-bond donors (Lipinski definition) is 2. The van der Waals surface area contributed by atoms with Crippen molar-refractivity contribution in [3.8, 4) is 0 Å². The van der Waals surface area contributed by atoms with Crippen molar-refractivity contribution in [1.82, 2.24) is 4.90 Å². The smallest absolute Gasteiger partial charge is 0.335 e. The van der Waals surface area contributed by atoms with Crippen LogP contribution in [0.1, 0.15) is 56.0 Å². The Kier molecular flexibility index (Phi) is 3.48. The average Bonchev–Trinajstić information content (AvgIpc) is 2.60. The third kappa shape index (κ3) is 2.84. The summed E-state index contributed by atoms with van der Waals surface area (Å²) in [5.74, 6) is -0.926. The molecule has 0 radical (unpaired) electrons. The van der Waals surface area contributed by atoms with Gasteiger partial charge in [0.25, 0.3) is 0 Å². The van der Waals surface area contributed by atoms with E-state index in [0.29, 0.717) is 22.6 Å². The van der Waals surface area contributed by atoms with Crippen LogP contribution in [-0.4, -0.2) is 28.6 Å². The number of nitrogens with zero attached hydrogens (tertiary/aromatic N) is 1. The molecular weight excluding hydrogens is 276 g/mol. The van der Waals surface area contributed by atoms with Crippen LogP contribution in [0.5, 0.6) is 0 Å². The fourth-order valence-electron chi connectivity index (χ4n) is 4.85. The molecule has 2 fully saturated rings. The highest BCUT2D eigenvalue weighted by Gasteiger charge is 2.49. The van der Waals surface area contributed by atoms with Gasteiger partial charge < -0.3 is 10.8 Å². The number of aromatic carboxylic acids is 1. The standard InChI is InChI=1S/C18H26N2O2/c1-17(2)7-14-8-18(3,10-17)11-20(14)9-13-5-4-12(16(21)22)6-15(13)19/h4-6,14H,7-11,19H2,1-3H3,(H,21,22). The summed E-state index contributed by atoms with van der Waals surface area (Å²) in [5, 5.41) is 9.03. The molecule has 3 rings (SSSR count). The molecule has 1 aliphatic carbocycles. The van der Waals surface area contributed by atoms with Gasteiger partial charge in [-0.05, 0) is 47.8 Å². The Morgan fingerprint density at radius 1 is 1.36 bits per heavy atom. The van der Waals surface area contributed by atoms with Crippen LogP contribution in [0.3, 0.4) is 0 Å². The first kappa shape index (κ1) is 15.3. The lowest BCUT2D eigenvalue weighted by molar-refractivity contribution is 0.0697. The summed E-state index contributed by atoms with van der Waals surface area (Å²) in [4.78, 5) is 13.5. The lowest BCUT2D eigenvalue weighted by Gasteiger charge is -2.40. The van der Waals surface area contributed by atoms with Crippen LogP contribution >= 0.6 is 0 Å². The normalized spacial score (nSPS) is 30.4. The zero-order valence-corrected chi connectivity index (χ0v) is 13.7. The summed E-state index contributed by atoms with van der Waals surface area (Å²) >= 11 is 0. The summed E-state index contributed by atoms with van der Waals surface area (Å²) in [6, 6.07) is 5.72. The van der Waals surface area contributed by atoms with Gasteiger partial charge >= 0.3 is 5.97 Å². The molecule has 0 aromatic heterocycles. The van der Waals surface area contributed by atoms with E-state index in [2.05, 4.69) is 25.7 Å². The number of nitrogen functional groups attached to an aromatic ring is 1. The number of carbonyl (C=O) groups is 1. The van der Waals surface area contributed by atoms with Gasteiger partial charge in [-0.1, -0.05) is 26.8 Å². The first-order valence-corrected chi connectivity index (χ1v) is 8.03. The van der Waals surface area contributed by atoms with Crippen LogP contribution in [0, 0.1) is 10.8 Å². The van der Waals surface area contributed by atoms with E-state index in [1.54, 1.807) is 12.1 Å². The Balaban J connectivity index is 1.79. The number of hydrogen-bond acceptors (Lipinski definition) is 3. The number of benzene rings is 1. The lowest BCUT2D eigenvalue weighted by atomic mass is 9.65. The lowest BCUT2D eigenvalue weighted by Crippen LogP contribution is -2.34. The summed E-state index contributed by atoms with van der Waals surface area (Å²) in [6.07, 6.45) is 3.78. The van der Waals surface area contributed by atoms with Gasteiger partial charge in [0.2, 0.25) is 0 Å². The monoisotopic (exact) mass is 302 g/mol. The minimum absolute atomic E-state index is 0.259. The van der Waals surface area contributed by atoms with E-state index < -0.39 is 5.97 Å². The van der Waals surface area contributed by atoms with E-state index in [0.717, 1.165) is 18.7 Å². The average molecular weight is 302 g/mol. The Morgan fingerprint density at radius 2 is 2.09 bits per heavy atom. The molecule has 2 bridgehead atoms. The number of nitrogens with two attached hydrogens (primary N) is 1. The van der Waals surface area contributed by atoms with Crippen molar-refractivity contribution in [2.75, 3.05) is 12.3 Å². The molecule has 0 amide bonds. The molecule has 1 heterocycles. The second-order valence-corrected chi connectivity index (χ2v) is 8.34. The molecule has 120 valence electrons. The van der Waals surface area contributed by atoms with E-state index in [4.69, 9.17) is 10.8 Å². The largest absolute Gasteiger partial charge is 0.478 e. The van der Waals surface area contributed by atoms with Crippen molar-refractivity contribution in [2.24, 2.45) is 10.8 Å². The van der Waals surface area contributed by atoms with Crippen LogP contribution in [0.2, 0.25) is 0 Å².